The van der Waals surface area contributed by atoms with E-state index < -0.39 is 5.82 Å². The standard InChI is InChI=1S/C11H12BrFO3/c1-6(14)4-7-5-8(15-2)11(16-3)9(12)10(7)13/h5H,4H2,1-3H3. The summed E-state index contributed by atoms with van der Waals surface area (Å²) in [7, 11) is 2.88. The molecule has 0 aliphatic carbocycles. The van der Waals surface area contributed by atoms with Gasteiger partial charge in [0.1, 0.15) is 11.6 Å². The molecule has 0 amide bonds. The predicted octanol–water partition coefficient (Wildman–Crippen LogP) is 2.74. The largest absolute Gasteiger partial charge is 0.493 e. The number of hydrogen-bond donors (Lipinski definition) is 0. The number of carbonyl (C=O) groups excluding carboxylic acids is 1. The van der Waals surface area contributed by atoms with E-state index in [4.69, 9.17) is 9.47 Å². The van der Waals surface area contributed by atoms with Crippen LogP contribution in [0.5, 0.6) is 11.5 Å². The minimum atomic E-state index is -0.493. The molecule has 3 nitrogen and oxygen atoms in total. The maximum Gasteiger partial charge on any atom is 0.177 e. The van der Waals surface area contributed by atoms with Crippen LogP contribution in [0.15, 0.2) is 10.5 Å². The molecule has 0 aliphatic rings. The highest BCUT2D eigenvalue weighted by molar-refractivity contribution is 9.10. The third kappa shape index (κ3) is 2.52. The lowest BCUT2D eigenvalue weighted by atomic mass is 10.1. The summed E-state index contributed by atoms with van der Waals surface area (Å²) in [4.78, 5) is 11.0. The van der Waals surface area contributed by atoms with Crippen molar-refractivity contribution in [1.29, 1.82) is 0 Å². The molecular weight excluding hydrogens is 279 g/mol. The number of methoxy groups -OCH3 is 2. The zero-order valence-electron chi connectivity index (χ0n) is 9.27. The quantitative estimate of drug-likeness (QED) is 0.855. The van der Waals surface area contributed by atoms with E-state index in [0.29, 0.717) is 5.75 Å². The second-order valence-electron chi connectivity index (χ2n) is 3.28. The Kier molecular flexibility index (Phi) is 4.29. The minimum absolute atomic E-state index is 0.0325. The lowest BCUT2D eigenvalue weighted by Crippen LogP contribution is -2.03. The smallest absolute Gasteiger partial charge is 0.177 e. The number of hydrogen-bond acceptors (Lipinski definition) is 3. The van der Waals surface area contributed by atoms with E-state index in [9.17, 15) is 9.18 Å². The lowest BCUT2D eigenvalue weighted by Gasteiger charge is -2.12. The molecule has 0 saturated carbocycles. The van der Waals surface area contributed by atoms with Crippen LogP contribution in [0.4, 0.5) is 4.39 Å². The van der Waals surface area contributed by atoms with E-state index in [1.807, 2.05) is 0 Å². The van der Waals surface area contributed by atoms with Crippen LogP contribution in [0.2, 0.25) is 0 Å². The van der Waals surface area contributed by atoms with Gasteiger partial charge in [0, 0.05) is 12.0 Å². The predicted molar refractivity (Wildman–Crippen MR) is 61.6 cm³/mol. The van der Waals surface area contributed by atoms with Gasteiger partial charge in [-0.1, -0.05) is 0 Å². The van der Waals surface area contributed by atoms with Gasteiger partial charge in [0.05, 0.1) is 18.7 Å². The van der Waals surface area contributed by atoms with E-state index in [0.717, 1.165) is 0 Å². The monoisotopic (exact) mass is 290 g/mol. The Morgan fingerprint density at radius 2 is 2.06 bits per heavy atom. The fraction of sp³-hybridized carbons (Fsp3) is 0.364. The van der Waals surface area contributed by atoms with Gasteiger partial charge in [0.2, 0.25) is 0 Å². The van der Waals surface area contributed by atoms with Crippen LogP contribution in [0, 0.1) is 5.82 Å². The molecule has 0 aromatic heterocycles. The third-order valence-electron chi connectivity index (χ3n) is 2.07. The first-order valence-corrected chi connectivity index (χ1v) is 5.38. The molecule has 5 heteroatoms. The molecule has 0 aliphatic heterocycles. The summed E-state index contributed by atoms with van der Waals surface area (Å²) in [6.07, 6.45) is 0.0325. The molecule has 1 aromatic rings. The zero-order valence-corrected chi connectivity index (χ0v) is 10.9. The molecule has 0 bridgehead atoms. The molecule has 0 fully saturated rings. The Morgan fingerprint density at radius 1 is 1.44 bits per heavy atom. The first-order valence-electron chi connectivity index (χ1n) is 4.59. The maximum absolute atomic E-state index is 13.8. The molecule has 16 heavy (non-hydrogen) atoms. The Balaban J connectivity index is 3.32. The maximum atomic E-state index is 13.8. The van der Waals surface area contributed by atoms with Crippen molar-refractivity contribution in [2.45, 2.75) is 13.3 Å². The minimum Gasteiger partial charge on any atom is -0.493 e. The summed E-state index contributed by atoms with van der Waals surface area (Å²) in [6, 6.07) is 1.47. The highest BCUT2D eigenvalue weighted by atomic mass is 79.9. The number of ether oxygens (including phenoxy) is 2. The topological polar surface area (TPSA) is 35.5 Å². The highest BCUT2D eigenvalue weighted by Crippen LogP contribution is 2.38. The van der Waals surface area contributed by atoms with Crippen LogP contribution in [0.3, 0.4) is 0 Å². The van der Waals surface area contributed by atoms with Crippen LogP contribution < -0.4 is 9.47 Å². The van der Waals surface area contributed by atoms with Crippen molar-refractivity contribution in [3.63, 3.8) is 0 Å². The Labute approximate surface area is 102 Å². The lowest BCUT2D eigenvalue weighted by molar-refractivity contribution is -0.116. The molecule has 0 unspecified atom stereocenters. The van der Waals surface area contributed by atoms with Gasteiger partial charge in [-0.25, -0.2) is 4.39 Å². The highest BCUT2D eigenvalue weighted by Gasteiger charge is 2.18. The van der Waals surface area contributed by atoms with Gasteiger partial charge in [0.25, 0.3) is 0 Å². The fourth-order valence-corrected chi connectivity index (χ4v) is 1.99. The third-order valence-corrected chi connectivity index (χ3v) is 2.77. The van der Waals surface area contributed by atoms with Crippen LogP contribution in [-0.4, -0.2) is 20.0 Å². The molecule has 0 atom stereocenters. The molecule has 1 rings (SSSR count). The average Bonchev–Trinajstić information content (AvgIpc) is 2.24. The van der Waals surface area contributed by atoms with E-state index in [2.05, 4.69) is 15.9 Å². The Morgan fingerprint density at radius 3 is 2.50 bits per heavy atom. The van der Waals surface area contributed by atoms with E-state index in [-0.39, 0.29) is 28.0 Å². The molecule has 0 saturated heterocycles. The van der Waals surface area contributed by atoms with E-state index in [1.54, 1.807) is 0 Å². The summed E-state index contributed by atoms with van der Waals surface area (Å²) in [5.41, 5.74) is 0.289. The number of benzene rings is 1. The van der Waals surface area contributed by atoms with Crippen LogP contribution in [0.1, 0.15) is 12.5 Å². The number of Topliss-reactive ketones (excluding diaryl/α,β-unsaturated/α-hetero) is 1. The van der Waals surface area contributed by atoms with E-state index in [1.165, 1.54) is 27.2 Å². The first-order chi connectivity index (χ1) is 7.51. The van der Waals surface area contributed by atoms with Crippen molar-refractivity contribution >= 4 is 21.7 Å². The van der Waals surface area contributed by atoms with Gasteiger partial charge in [-0.2, -0.15) is 0 Å². The van der Waals surface area contributed by atoms with Gasteiger partial charge in [0.15, 0.2) is 11.5 Å². The average molecular weight is 291 g/mol. The van der Waals surface area contributed by atoms with Crippen LogP contribution >= 0.6 is 15.9 Å². The summed E-state index contributed by atoms with van der Waals surface area (Å²) in [5.74, 6) is 0.0743. The summed E-state index contributed by atoms with van der Waals surface area (Å²) in [5, 5.41) is 0. The molecule has 88 valence electrons. The number of halogens is 2. The van der Waals surface area contributed by atoms with Crippen molar-refractivity contribution in [1.82, 2.24) is 0 Å². The van der Waals surface area contributed by atoms with Crippen LogP contribution in [0.25, 0.3) is 0 Å². The van der Waals surface area contributed by atoms with Gasteiger partial charge in [-0.3, -0.25) is 4.79 Å². The van der Waals surface area contributed by atoms with Crippen molar-refractivity contribution in [2.24, 2.45) is 0 Å². The first kappa shape index (κ1) is 13.0. The summed E-state index contributed by atoms with van der Waals surface area (Å²) >= 11 is 3.08. The van der Waals surface area contributed by atoms with Gasteiger partial charge >= 0.3 is 0 Å². The van der Waals surface area contributed by atoms with Gasteiger partial charge in [-0.15, -0.1) is 0 Å². The fourth-order valence-electron chi connectivity index (χ4n) is 1.37. The SMILES string of the molecule is COc1cc(CC(C)=O)c(F)c(Br)c1OC. The van der Waals surface area contributed by atoms with Crippen molar-refractivity contribution < 1.29 is 18.7 Å². The zero-order chi connectivity index (χ0) is 12.3. The molecule has 0 heterocycles. The number of ketones is 1. The summed E-state index contributed by atoms with van der Waals surface area (Å²) in [6.45, 7) is 1.41. The van der Waals surface area contributed by atoms with Crippen LogP contribution in [-0.2, 0) is 11.2 Å². The van der Waals surface area contributed by atoms with Gasteiger partial charge < -0.3 is 9.47 Å². The Hall–Kier alpha value is -1.10. The molecule has 0 spiro atoms. The van der Waals surface area contributed by atoms with Gasteiger partial charge in [-0.05, 0) is 28.9 Å². The Bertz CT molecular complexity index is 418. The molecular formula is C11H12BrFO3. The number of carbonyl (C=O) groups is 1. The molecule has 1 aromatic carbocycles. The summed E-state index contributed by atoms with van der Waals surface area (Å²) < 4.78 is 24.0. The normalized spacial score (nSPS) is 10.1. The van der Waals surface area contributed by atoms with Crippen molar-refractivity contribution in [3.8, 4) is 11.5 Å². The number of rotatable bonds is 4. The van der Waals surface area contributed by atoms with Crippen molar-refractivity contribution in [2.75, 3.05) is 14.2 Å². The molecule has 0 radical (unpaired) electrons. The molecule has 0 N–H and O–H groups in total. The second-order valence-corrected chi connectivity index (χ2v) is 4.07. The van der Waals surface area contributed by atoms with Crippen molar-refractivity contribution in [3.05, 3.63) is 21.9 Å². The second kappa shape index (κ2) is 5.30. The van der Waals surface area contributed by atoms with E-state index >= 15 is 0 Å².